The van der Waals surface area contributed by atoms with Crippen LogP contribution in [0.1, 0.15) is 24.2 Å². The summed E-state index contributed by atoms with van der Waals surface area (Å²) in [5.41, 5.74) is 6.97. The normalized spacial score (nSPS) is 11.2. The van der Waals surface area contributed by atoms with E-state index in [2.05, 4.69) is 19.2 Å². The van der Waals surface area contributed by atoms with Crippen molar-refractivity contribution in [3.63, 3.8) is 0 Å². The number of anilines is 2. The van der Waals surface area contributed by atoms with Crippen LogP contribution in [0.4, 0.5) is 11.4 Å². The molecule has 0 spiro atoms. The number of nitrogens with one attached hydrogen (secondary N) is 1. The minimum absolute atomic E-state index is 0.0258. The highest BCUT2D eigenvalue weighted by molar-refractivity contribution is 7.99. The highest BCUT2D eigenvalue weighted by Crippen LogP contribution is 2.27. The molecule has 0 fully saturated rings. The van der Waals surface area contributed by atoms with E-state index >= 15 is 0 Å². The summed E-state index contributed by atoms with van der Waals surface area (Å²) in [4.78, 5) is 11.1. The van der Waals surface area contributed by atoms with Crippen molar-refractivity contribution >= 4 is 29.1 Å². The molecule has 4 N–H and O–H groups in total. The van der Waals surface area contributed by atoms with Crippen LogP contribution in [-0.4, -0.2) is 28.6 Å². The van der Waals surface area contributed by atoms with Gasteiger partial charge in [0, 0.05) is 11.3 Å². The lowest BCUT2D eigenvalue weighted by Gasteiger charge is -2.24. The van der Waals surface area contributed by atoms with Gasteiger partial charge in [-0.1, -0.05) is 6.07 Å². The molecule has 0 aliphatic carbocycles. The molecule has 1 rings (SSSR count). The number of carboxylic acid groups (broad SMARTS) is 1. The number of carbonyl (C=O) groups is 1. The average molecular weight is 254 g/mol. The maximum absolute atomic E-state index is 11.1. The highest BCUT2D eigenvalue weighted by atomic mass is 32.2. The third-order valence-electron chi connectivity index (χ3n) is 2.57. The molecule has 5 heteroatoms. The van der Waals surface area contributed by atoms with Crippen molar-refractivity contribution in [3.8, 4) is 0 Å². The number of thioether (sulfide) groups is 1. The van der Waals surface area contributed by atoms with Gasteiger partial charge in [-0.15, -0.1) is 0 Å². The van der Waals surface area contributed by atoms with Gasteiger partial charge in [0.1, 0.15) is 0 Å². The Hall–Kier alpha value is -1.36. The van der Waals surface area contributed by atoms with Crippen LogP contribution < -0.4 is 11.1 Å². The number of hydrogen-bond donors (Lipinski definition) is 3. The summed E-state index contributed by atoms with van der Waals surface area (Å²) in [6, 6.07) is 4.89. The Kier molecular flexibility index (Phi) is 4.28. The van der Waals surface area contributed by atoms with Crippen LogP contribution in [0.2, 0.25) is 0 Å². The summed E-state index contributed by atoms with van der Waals surface area (Å²) in [7, 11) is 0. The molecule has 0 saturated carbocycles. The molecule has 1 aromatic carbocycles. The Morgan fingerprint density at radius 2 is 2.18 bits per heavy atom. The Balaban J connectivity index is 2.94. The van der Waals surface area contributed by atoms with E-state index < -0.39 is 5.97 Å². The minimum atomic E-state index is -0.971. The second-order valence-corrected chi connectivity index (χ2v) is 5.91. The molecule has 4 nitrogen and oxygen atoms in total. The van der Waals surface area contributed by atoms with Crippen molar-refractivity contribution in [2.75, 3.05) is 23.9 Å². The highest BCUT2D eigenvalue weighted by Gasteiger charge is 2.18. The molecule has 0 aliphatic rings. The van der Waals surface area contributed by atoms with Gasteiger partial charge in [0.05, 0.1) is 16.9 Å². The van der Waals surface area contributed by atoms with E-state index in [0.717, 1.165) is 0 Å². The molecule has 0 atom stereocenters. The summed E-state index contributed by atoms with van der Waals surface area (Å²) in [5, 5.41) is 12.2. The predicted molar refractivity (Wildman–Crippen MR) is 73.9 cm³/mol. The van der Waals surface area contributed by atoms with Crippen molar-refractivity contribution in [3.05, 3.63) is 23.8 Å². The van der Waals surface area contributed by atoms with Crippen molar-refractivity contribution in [1.29, 1.82) is 0 Å². The number of nitrogens with two attached hydrogens (primary N) is 1. The van der Waals surface area contributed by atoms with E-state index in [9.17, 15) is 4.79 Å². The first kappa shape index (κ1) is 13.7. The minimum Gasteiger partial charge on any atom is -0.478 e. The Morgan fingerprint density at radius 1 is 1.53 bits per heavy atom. The number of hydrogen-bond acceptors (Lipinski definition) is 4. The van der Waals surface area contributed by atoms with Crippen molar-refractivity contribution in [1.82, 2.24) is 0 Å². The third kappa shape index (κ3) is 3.56. The summed E-state index contributed by atoms with van der Waals surface area (Å²) in [6.45, 7) is 4.83. The summed E-state index contributed by atoms with van der Waals surface area (Å²) < 4.78 is 0.0258. The zero-order valence-electron chi connectivity index (χ0n) is 10.3. The Bertz CT molecular complexity index is 419. The molecule has 0 saturated heterocycles. The molecule has 0 heterocycles. The summed E-state index contributed by atoms with van der Waals surface area (Å²) in [5.74, 6) is -0.971. The van der Waals surface area contributed by atoms with Gasteiger partial charge in [-0.25, -0.2) is 4.79 Å². The molecule has 0 radical (unpaired) electrons. The molecule has 0 aliphatic heterocycles. The lowest BCUT2D eigenvalue weighted by atomic mass is 10.1. The quantitative estimate of drug-likeness (QED) is 0.704. The van der Waals surface area contributed by atoms with Crippen molar-refractivity contribution < 1.29 is 9.90 Å². The van der Waals surface area contributed by atoms with Crippen LogP contribution in [0.15, 0.2) is 18.2 Å². The first-order valence-electron chi connectivity index (χ1n) is 5.28. The fourth-order valence-corrected chi connectivity index (χ4v) is 1.54. The molecule has 94 valence electrons. The van der Waals surface area contributed by atoms with Crippen LogP contribution in [0.5, 0.6) is 0 Å². The largest absolute Gasteiger partial charge is 0.478 e. The topological polar surface area (TPSA) is 75.3 Å². The first-order valence-corrected chi connectivity index (χ1v) is 6.50. The molecule has 1 aromatic rings. The number of benzene rings is 1. The first-order chi connectivity index (χ1) is 7.87. The average Bonchev–Trinajstić information content (AvgIpc) is 2.27. The van der Waals surface area contributed by atoms with Crippen LogP contribution in [0, 0.1) is 0 Å². The van der Waals surface area contributed by atoms with Gasteiger partial charge in [0.2, 0.25) is 0 Å². The smallest absolute Gasteiger partial charge is 0.337 e. The zero-order chi connectivity index (χ0) is 13.1. The second-order valence-electron chi connectivity index (χ2n) is 4.39. The van der Waals surface area contributed by atoms with Crippen LogP contribution in [0.25, 0.3) is 0 Å². The van der Waals surface area contributed by atoms with E-state index in [-0.39, 0.29) is 10.3 Å². The lowest BCUT2D eigenvalue weighted by Crippen LogP contribution is -2.27. The van der Waals surface area contributed by atoms with Gasteiger partial charge in [-0.3, -0.25) is 0 Å². The van der Waals surface area contributed by atoms with Gasteiger partial charge in [0.15, 0.2) is 0 Å². The zero-order valence-corrected chi connectivity index (χ0v) is 11.1. The molecular weight excluding hydrogens is 236 g/mol. The third-order valence-corrected chi connectivity index (χ3v) is 3.82. The van der Waals surface area contributed by atoms with Crippen LogP contribution >= 0.6 is 11.8 Å². The van der Waals surface area contributed by atoms with Gasteiger partial charge in [-0.05, 0) is 32.2 Å². The van der Waals surface area contributed by atoms with E-state index in [4.69, 9.17) is 10.8 Å². The number of para-hydroxylation sites is 1. The van der Waals surface area contributed by atoms with E-state index in [1.54, 1.807) is 30.0 Å². The van der Waals surface area contributed by atoms with Gasteiger partial charge in [-0.2, -0.15) is 11.8 Å². The van der Waals surface area contributed by atoms with Crippen molar-refractivity contribution in [2.45, 2.75) is 18.6 Å². The number of rotatable bonds is 5. The summed E-state index contributed by atoms with van der Waals surface area (Å²) >= 11 is 1.72. The van der Waals surface area contributed by atoms with Gasteiger partial charge < -0.3 is 16.2 Å². The fraction of sp³-hybridized carbons (Fsp3) is 0.417. The Labute approximate surface area is 106 Å². The van der Waals surface area contributed by atoms with E-state index in [0.29, 0.717) is 17.9 Å². The maximum atomic E-state index is 11.1. The number of nitrogen functional groups attached to an aromatic ring is 1. The molecule has 17 heavy (non-hydrogen) atoms. The Morgan fingerprint density at radius 3 is 2.71 bits per heavy atom. The fourth-order valence-electron chi connectivity index (χ4n) is 1.32. The SMILES string of the molecule is CSC(C)(C)CNc1c(N)cccc1C(=O)O. The van der Waals surface area contributed by atoms with Gasteiger partial charge >= 0.3 is 5.97 Å². The molecule has 0 unspecified atom stereocenters. The van der Waals surface area contributed by atoms with E-state index in [1.807, 2.05) is 6.26 Å². The summed E-state index contributed by atoms with van der Waals surface area (Å²) in [6.07, 6.45) is 2.02. The molecule has 0 amide bonds. The maximum Gasteiger partial charge on any atom is 0.337 e. The molecular formula is C12H18N2O2S. The molecule has 0 aromatic heterocycles. The molecule has 0 bridgehead atoms. The van der Waals surface area contributed by atoms with E-state index in [1.165, 1.54) is 0 Å². The van der Waals surface area contributed by atoms with Crippen LogP contribution in [-0.2, 0) is 0 Å². The van der Waals surface area contributed by atoms with Crippen molar-refractivity contribution in [2.24, 2.45) is 0 Å². The number of carboxylic acids is 1. The number of aromatic carboxylic acids is 1. The standard InChI is InChI=1S/C12H18N2O2S/c1-12(2,17-3)7-14-10-8(11(15)16)5-4-6-9(10)13/h4-6,14H,7,13H2,1-3H3,(H,15,16). The van der Waals surface area contributed by atoms with Gasteiger partial charge in [0.25, 0.3) is 0 Å². The lowest BCUT2D eigenvalue weighted by molar-refractivity contribution is 0.0698. The predicted octanol–water partition coefficient (Wildman–Crippen LogP) is 2.52. The monoisotopic (exact) mass is 254 g/mol. The second kappa shape index (κ2) is 5.31. The van der Waals surface area contributed by atoms with Crippen LogP contribution in [0.3, 0.4) is 0 Å².